The molecule has 0 bridgehead atoms. The molecule has 0 saturated heterocycles. The van der Waals surface area contributed by atoms with Crippen molar-refractivity contribution in [1.29, 1.82) is 0 Å². The summed E-state index contributed by atoms with van der Waals surface area (Å²) in [6.45, 7) is 0. The molecule has 0 aliphatic rings. The van der Waals surface area contributed by atoms with Gasteiger partial charge < -0.3 is 14.7 Å². The van der Waals surface area contributed by atoms with Crippen molar-refractivity contribution in [3.8, 4) is 34.3 Å². The van der Waals surface area contributed by atoms with Gasteiger partial charge in [-0.2, -0.15) is 4.98 Å². The van der Waals surface area contributed by atoms with E-state index in [2.05, 4.69) is 10.1 Å². The van der Waals surface area contributed by atoms with E-state index in [1.807, 2.05) is 6.07 Å². The Kier molecular flexibility index (Phi) is 3.04. The first-order valence-corrected chi connectivity index (χ1v) is 6.13. The minimum atomic E-state index is -0.245. The molecule has 0 saturated carbocycles. The fraction of sp³-hybridized carbons (Fsp3) is 0. The Labute approximate surface area is 119 Å². The molecular weight excluding hydrogens is 280 g/mol. The molecule has 6 heteroatoms. The number of phenolic OH excluding ortho intramolecular Hbond substituents is 2. The van der Waals surface area contributed by atoms with Crippen LogP contribution in [0.2, 0.25) is 5.02 Å². The average molecular weight is 289 g/mol. The molecule has 3 aromatic rings. The van der Waals surface area contributed by atoms with Gasteiger partial charge in [-0.1, -0.05) is 28.9 Å². The lowest BCUT2D eigenvalue weighted by molar-refractivity contribution is 0.402. The van der Waals surface area contributed by atoms with Crippen LogP contribution in [-0.2, 0) is 0 Å². The largest absolute Gasteiger partial charge is 0.504 e. The minimum absolute atomic E-state index is 0.205. The van der Waals surface area contributed by atoms with Crippen LogP contribution in [-0.4, -0.2) is 20.4 Å². The summed E-state index contributed by atoms with van der Waals surface area (Å²) >= 11 is 5.91. The Morgan fingerprint density at radius 1 is 0.950 bits per heavy atom. The lowest BCUT2D eigenvalue weighted by Gasteiger charge is -1.98. The monoisotopic (exact) mass is 288 g/mol. The predicted molar refractivity (Wildman–Crippen MR) is 73.5 cm³/mol. The van der Waals surface area contributed by atoms with Crippen LogP contribution in [0.25, 0.3) is 22.8 Å². The van der Waals surface area contributed by atoms with Crippen LogP contribution >= 0.6 is 11.6 Å². The van der Waals surface area contributed by atoms with Crippen molar-refractivity contribution >= 4 is 11.6 Å². The molecule has 0 amide bonds. The molecule has 0 aliphatic heterocycles. The van der Waals surface area contributed by atoms with Gasteiger partial charge >= 0.3 is 0 Å². The second-order valence-electron chi connectivity index (χ2n) is 4.14. The summed E-state index contributed by atoms with van der Waals surface area (Å²) in [4.78, 5) is 4.23. The fourth-order valence-corrected chi connectivity index (χ4v) is 1.93. The lowest BCUT2D eigenvalue weighted by Crippen LogP contribution is -1.81. The van der Waals surface area contributed by atoms with Crippen molar-refractivity contribution < 1.29 is 14.7 Å². The molecule has 0 fully saturated rings. The smallest absolute Gasteiger partial charge is 0.258 e. The average Bonchev–Trinajstić information content (AvgIpc) is 2.92. The van der Waals surface area contributed by atoms with Gasteiger partial charge in [-0.05, 0) is 30.3 Å². The van der Waals surface area contributed by atoms with Crippen molar-refractivity contribution in [2.75, 3.05) is 0 Å². The molecule has 0 unspecified atom stereocenters. The summed E-state index contributed by atoms with van der Waals surface area (Å²) < 4.78 is 5.14. The molecule has 1 aromatic heterocycles. The number of hydrogen-bond acceptors (Lipinski definition) is 5. The van der Waals surface area contributed by atoms with Crippen molar-refractivity contribution in [2.24, 2.45) is 0 Å². The van der Waals surface area contributed by atoms with Gasteiger partial charge in [-0.25, -0.2) is 0 Å². The number of phenols is 2. The number of benzene rings is 2. The van der Waals surface area contributed by atoms with E-state index in [1.54, 1.807) is 24.3 Å². The summed E-state index contributed by atoms with van der Waals surface area (Å²) in [6.07, 6.45) is 0. The third-order valence-corrected chi connectivity index (χ3v) is 2.97. The zero-order chi connectivity index (χ0) is 14.1. The van der Waals surface area contributed by atoms with Gasteiger partial charge in [0.25, 0.3) is 5.89 Å². The third kappa shape index (κ3) is 2.31. The van der Waals surface area contributed by atoms with Crippen molar-refractivity contribution in [2.45, 2.75) is 0 Å². The molecule has 2 aromatic carbocycles. The van der Waals surface area contributed by atoms with Crippen LogP contribution in [0.5, 0.6) is 11.5 Å². The van der Waals surface area contributed by atoms with Crippen LogP contribution in [0.1, 0.15) is 0 Å². The third-order valence-electron chi connectivity index (χ3n) is 2.73. The van der Waals surface area contributed by atoms with E-state index < -0.39 is 0 Å². The van der Waals surface area contributed by atoms with Crippen LogP contribution in [0.3, 0.4) is 0 Å². The van der Waals surface area contributed by atoms with Gasteiger partial charge in [0, 0.05) is 16.1 Å². The fourth-order valence-electron chi connectivity index (χ4n) is 1.74. The number of hydrogen-bond donors (Lipinski definition) is 2. The number of aromatic nitrogens is 2. The highest BCUT2D eigenvalue weighted by atomic mass is 35.5. The summed E-state index contributed by atoms with van der Waals surface area (Å²) in [6, 6.07) is 11.4. The first-order chi connectivity index (χ1) is 9.63. The Morgan fingerprint density at radius 3 is 2.55 bits per heavy atom. The highest BCUT2D eigenvalue weighted by Crippen LogP contribution is 2.30. The van der Waals surface area contributed by atoms with Crippen molar-refractivity contribution in [1.82, 2.24) is 10.1 Å². The maximum Gasteiger partial charge on any atom is 0.258 e. The SMILES string of the molecule is Oc1ccc(-c2nc(-c3cccc(Cl)c3)no2)cc1O. The summed E-state index contributed by atoms with van der Waals surface area (Å²) in [5, 5.41) is 23.2. The molecule has 1 heterocycles. The summed E-state index contributed by atoms with van der Waals surface area (Å²) in [5.41, 5.74) is 1.25. The topological polar surface area (TPSA) is 79.4 Å². The Morgan fingerprint density at radius 2 is 1.80 bits per heavy atom. The number of rotatable bonds is 2. The van der Waals surface area contributed by atoms with E-state index in [0.717, 1.165) is 5.56 Å². The van der Waals surface area contributed by atoms with E-state index >= 15 is 0 Å². The zero-order valence-corrected chi connectivity index (χ0v) is 10.9. The predicted octanol–water partition coefficient (Wildman–Crippen LogP) is 3.47. The molecular formula is C14H9ClN2O3. The summed E-state index contributed by atoms with van der Waals surface area (Å²) in [5.74, 6) is 0.193. The Balaban J connectivity index is 1.99. The first kappa shape index (κ1) is 12.5. The van der Waals surface area contributed by atoms with Gasteiger partial charge in [-0.15, -0.1) is 0 Å². The normalized spacial score (nSPS) is 10.7. The van der Waals surface area contributed by atoms with Crippen LogP contribution in [0.15, 0.2) is 47.0 Å². The Hall–Kier alpha value is -2.53. The second-order valence-corrected chi connectivity index (χ2v) is 4.57. The van der Waals surface area contributed by atoms with Crippen LogP contribution in [0, 0.1) is 0 Å². The Bertz CT molecular complexity index is 771. The maximum atomic E-state index is 9.46. The highest BCUT2D eigenvalue weighted by Gasteiger charge is 2.12. The van der Waals surface area contributed by atoms with E-state index in [1.165, 1.54) is 12.1 Å². The van der Waals surface area contributed by atoms with Crippen molar-refractivity contribution in [3.05, 3.63) is 47.5 Å². The highest BCUT2D eigenvalue weighted by molar-refractivity contribution is 6.30. The molecule has 5 nitrogen and oxygen atoms in total. The minimum Gasteiger partial charge on any atom is -0.504 e. The van der Waals surface area contributed by atoms with Gasteiger partial charge in [0.15, 0.2) is 11.5 Å². The van der Waals surface area contributed by atoms with Gasteiger partial charge in [-0.3, -0.25) is 0 Å². The molecule has 2 N–H and O–H groups in total. The molecule has 0 atom stereocenters. The maximum absolute atomic E-state index is 9.46. The van der Waals surface area contributed by atoms with Crippen LogP contribution in [0.4, 0.5) is 0 Å². The second kappa shape index (κ2) is 4.86. The zero-order valence-electron chi connectivity index (χ0n) is 10.1. The number of aromatic hydroxyl groups is 2. The van der Waals surface area contributed by atoms with Crippen LogP contribution < -0.4 is 0 Å². The van der Waals surface area contributed by atoms with E-state index in [-0.39, 0.29) is 17.4 Å². The molecule has 100 valence electrons. The van der Waals surface area contributed by atoms with Gasteiger partial charge in [0.05, 0.1) is 0 Å². The number of halogens is 1. The van der Waals surface area contributed by atoms with Gasteiger partial charge in [0.1, 0.15) is 0 Å². The van der Waals surface area contributed by atoms with Gasteiger partial charge in [0.2, 0.25) is 5.82 Å². The molecule has 0 spiro atoms. The molecule has 20 heavy (non-hydrogen) atoms. The molecule has 3 rings (SSSR count). The molecule has 0 radical (unpaired) electrons. The standard InChI is InChI=1S/C14H9ClN2O3/c15-10-3-1-2-8(6-10)13-16-14(20-17-13)9-4-5-11(18)12(19)7-9/h1-7,18-19H. The van der Waals surface area contributed by atoms with E-state index in [9.17, 15) is 10.2 Å². The van der Waals surface area contributed by atoms with E-state index in [4.69, 9.17) is 16.1 Å². The quantitative estimate of drug-likeness (QED) is 0.706. The lowest BCUT2D eigenvalue weighted by atomic mass is 10.2. The summed E-state index contributed by atoms with van der Waals surface area (Å²) in [7, 11) is 0. The van der Waals surface area contributed by atoms with E-state index in [0.29, 0.717) is 16.4 Å². The number of nitrogens with zero attached hydrogens (tertiary/aromatic N) is 2. The van der Waals surface area contributed by atoms with Crippen molar-refractivity contribution in [3.63, 3.8) is 0 Å². The molecule has 0 aliphatic carbocycles. The first-order valence-electron chi connectivity index (χ1n) is 5.75.